The number of hydrogen-bond acceptors (Lipinski definition) is 5. The monoisotopic (exact) mass is 411 g/mol. The number of carbonyl (C=O) groups excluding carboxylic acids is 1. The summed E-state index contributed by atoms with van der Waals surface area (Å²) < 4.78 is 13.1. The zero-order valence-corrected chi connectivity index (χ0v) is 17.7. The van der Waals surface area contributed by atoms with Crippen LogP contribution in [0.15, 0.2) is 53.7 Å². The highest BCUT2D eigenvalue weighted by molar-refractivity contribution is 7.99. The number of methoxy groups -OCH3 is 1. The molecule has 0 radical (unpaired) electrons. The highest BCUT2D eigenvalue weighted by atomic mass is 32.2. The minimum absolute atomic E-state index is 0.0663. The molecule has 2 heterocycles. The Kier molecular flexibility index (Phi) is 5.78. The van der Waals surface area contributed by atoms with E-state index in [0.717, 1.165) is 27.6 Å². The zero-order valence-electron chi connectivity index (χ0n) is 16.9. The fourth-order valence-corrected chi connectivity index (χ4v) is 4.61. The number of carbonyl (C=O) groups is 1. The summed E-state index contributed by atoms with van der Waals surface area (Å²) in [6.45, 7) is 5.29. The van der Waals surface area contributed by atoms with Gasteiger partial charge in [-0.25, -0.2) is 4.98 Å². The molecule has 1 amide bonds. The van der Waals surface area contributed by atoms with Crippen molar-refractivity contribution in [1.82, 2.24) is 14.5 Å². The molecule has 7 heteroatoms. The maximum absolute atomic E-state index is 12.8. The molecule has 1 saturated heterocycles. The molecule has 0 N–H and O–H groups in total. The van der Waals surface area contributed by atoms with Gasteiger partial charge in [0.05, 0.1) is 36.1 Å². The van der Waals surface area contributed by atoms with Crippen LogP contribution in [0.25, 0.3) is 16.7 Å². The van der Waals surface area contributed by atoms with Gasteiger partial charge >= 0.3 is 0 Å². The molecule has 2 aromatic carbocycles. The number of ether oxygens (including phenoxy) is 2. The topological polar surface area (TPSA) is 56.6 Å². The predicted molar refractivity (Wildman–Crippen MR) is 115 cm³/mol. The predicted octanol–water partition coefficient (Wildman–Crippen LogP) is 3.76. The molecule has 0 saturated carbocycles. The van der Waals surface area contributed by atoms with Gasteiger partial charge in [0.15, 0.2) is 5.16 Å². The molecule has 3 aromatic rings. The molecule has 6 nitrogen and oxygen atoms in total. The van der Waals surface area contributed by atoms with E-state index in [0.29, 0.717) is 18.8 Å². The van der Waals surface area contributed by atoms with Gasteiger partial charge in [-0.15, -0.1) is 0 Å². The van der Waals surface area contributed by atoms with Gasteiger partial charge in [0.25, 0.3) is 0 Å². The number of hydrogen-bond donors (Lipinski definition) is 0. The number of nitrogens with zero attached hydrogens (tertiary/aromatic N) is 3. The number of aromatic nitrogens is 2. The first-order chi connectivity index (χ1) is 14.0. The SMILES string of the molecule is COc1ccc(-n2c(SCC(=O)N3C[C@H](C)O[C@@H](C)C3)nc3ccccc32)cc1. The largest absolute Gasteiger partial charge is 0.497 e. The van der Waals surface area contributed by atoms with Crippen molar-refractivity contribution in [1.29, 1.82) is 0 Å². The van der Waals surface area contributed by atoms with Gasteiger partial charge in [-0.3, -0.25) is 9.36 Å². The van der Waals surface area contributed by atoms with E-state index in [1.54, 1.807) is 7.11 Å². The van der Waals surface area contributed by atoms with E-state index in [-0.39, 0.29) is 18.1 Å². The smallest absolute Gasteiger partial charge is 0.233 e. The van der Waals surface area contributed by atoms with Crippen LogP contribution in [-0.2, 0) is 9.53 Å². The molecule has 152 valence electrons. The van der Waals surface area contributed by atoms with Crippen LogP contribution in [0.4, 0.5) is 0 Å². The van der Waals surface area contributed by atoms with Gasteiger partial charge in [-0.2, -0.15) is 0 Å². The van der Waals surface area contributed by atoms with E-state index in [4.69, 9.17) is 14.5 Å². The summed E-state index contributed by atoms with van der Waals surface area (Å²) in [4.78, 5) is 19.5. The summed E-state index contributed by atoms with van der Waals surface area (Å²) >= 11 is 1.47. The van der Waals surface area contributed by atoms with E-state index in [2.05, 4.69) is 4.57 Å². The first-order valence-electron chi connectivity index (χ1n) is 9.73. The molecular weight excluding hydrogens is 386 g/mol. The number of benzene rings is 2. The van der Waals surface area contributed by atoms with Gasteiger partial charge in [-0.05, 0) is 50.2 Å². The molecule has 1 aromatic heterocycles. The first kappa shape index (κ1) is 19.8. The summed E-state index contributed by atoms with van der Waals surface area (Å²) in [5.41, 5.74) is 2.91. The van der Waals surface area contributed by atoms with Crippen molar-refractivity contribution in [3.05, 3.63) is 48.5 Å². The third-order valence-corrected chi connectivity index (χ3v) is 5.88. The summed E-state index contributed by atoms with van der Waals surface area (Å²) in [6.07, 6.45) is 0.133. The molecule has 4 rings (SSSR count). The molecule has 1 fully saturated rings. The van der Waals surface area contributed by atoms with Gasteiger partial charge in [0, 0.05) is 18.8 Å². The number of rotatable bonds is 5. The maximum Gasteiger partial charge on any atom is 0.233 e. The second-order valence-corrected chi connectivity index (χ2v) is 8.20. The molecular formula is C22H25N3O3S. The summed E-state index contributed by atoms with van der Waals surface area (Å²) in [6, 6.07) is 15.9. The number of amides is 1. The number of para-hydroxylation sites is 2. The Morgan fingerprint density at radius 2 is 1.83 bits per heavy atom. The van der Waals surface area contributed by atoms with Crippen molar-refractivity contribution in [3.63, 3.8) is 0 Å². The lowest BCUT2D eigenvalue weighted by atomic mass is 10.2. The highest BCUT2D eigenvalue weighted by Gasteiger charge is 2.26. The molecule has 0 aliphatic carbocycles. The van der Waals surface area contributed by atoms with Crippen molar-refractivity contribution < 1.29 is 14.3 Å². The fraction of sp³-hybridized carbons (Fsp3) is 0.364. The van der Waals surface area contributed by atoms with Gasteiger partial charge < -0.3 is 14.4 Å². The Morgan fingerprint density at radius 1 is 1.14 bits per heavy atom. The van der Waals surface area contributed by atoms with Crippen LogP contribution in [0.3, 0.4) is 0 Å². The summed E-state index contributed by atoms with van der Waals surface area (Å²) in [5, 5.41) is 0.805. The zero-order chi connectivity index (χ0) is 20.4. The minimum atomic E-state index is 0.0663. The lowest BCUT2D eigenvalue weighted by molar-refractivity contribution is -0.140. The number of fused-ring (bicyclic) bond motifs is 1. The normalized spacial score (nSPS) is 19.5. The highest BCUT2D eigenvalue weighted by Crippen LogP contribution is 2.29. The van der Waals surface area contributed by atoms with Crippen LogP contribution in [0.1, 0.15) is 13.8 Å². The second-order valence-electron chi connectivity index (χ2n) is 7.26. The average molecular weight is 412 g/mol. The number of thioether (sulfide) groups is 1. The average Bonchev–Trinajstić information content (AvgIpc) is 3.09. The van der Waals surface area contributed by atoms with Crippen molar-refractivity contribution in [2.24, 2.45) is 0 Å². The van der Waals surface area contributed by atoms with Crippen LogP contribution in [0.2, 0.25) is 0 Å². The van der Waals surface area contributed by atoms with Crippen molar-refractivity contribution in [2.75, 3.05) is 26.0 Å². The maximum atomic E-state index is 12.8. The molecule has 0 spiro atoms. The van der Waals surface area contributed by atoms with E-state index in [1.165, 1.54) is 11.8 Å². The molecule has 0 unspecified atom stereocenters. The van der Waals surface area contributed by atoms with Crippen LogP contribution in [-0.4, -0.2) is 58.5 Å². The molecule has 2 atom stereocenters. The third-order valence-electron chi connectivity index (χ3n) is 4.96. The number of imidazole rings is 1. The fourth-order valence-electron chi connectivity index (χ4n) is 3.68. The van der Waals surface area contributed by atoms with Crippen molar-refractivity contribution in [3.8, 4) is 11.4 Å². The van der Waals surface area contributed by atoms with Gasteiger partial charge in [0.2, 0.25) is 5.91 Å². The Balaban J connectivity index is 1.59. The quantitative estimate of drug-likeness (QED) is 0.599. The standard InChI is InChI=1S/C22H25N3O3S/c1-15-12-24(13-16(2)28-15)21(26)14-29-22-23-19-6-4-5-7-20(19)25(22)17-8-10-18(27-3)11-9-17/h4-11,15-16H,12-14H2,1-3H3/t15-,16-/m0/s1. The Labute approximate surface area is 174 Å². The Bertz CT molecular complexity index is 992. The van der Waals surface area contributed by atoms with E-state index in [1.807, 2.05) is 67.3 Å². The first-order valence-corrected chi connectivity index (χ1v) is 10.7. The van der Waals surface area contributed by atoms with E-state index >= 15 is 0 Å². The molecule has 29 heavy (non-hydrogen) atoms. The van der Waals surface area contributed by atoms with Crippen LogP contribution in [0, 0.1) is 0 Å². The van der Waals surface area contributed by atoms with Crippen LogP contribution >= 0.6 is 11.8 Å². The van der Waals surface area contributed by atoms with Crippen LogP contribution in [0.5, 0.6) is 5.75 Å². The van der Waals surface area contributed by atoms with Crippen LogP contribution < -0.4 is 4.74 Å². The second kappa shape index (κ2) is 8.47. The lowest BCUT2D eigenvalue weighted by Gasteiger charge is -2.35. The lowest BCUT2D eigenvalue weighted by Crippen LogP contribution is -2.48. The Morgan fingerprint density at radius 3 is 2.52 bits per heavy atom. The van der Waals surface area contributed by atoms with E-state index < -0.39 is 0 Å². The molecule has 1 aliphatic heterocycles. The summed E-state index contributed by atoms with van der Waals surface area (Å²) in [7, 11) is 1.65. The van der Waals surface area contributed by atoms with Crippen molar-refractivity contribution >= 4 is 28.7 Å². The van der Waals surface area contributed by atoms with Gasteiger partial charge in [-0.1, -0.05) is 23.9 Å². The molecule has 0 bridgehead atoms. The van der Waals surface area contributed by atoms with Gasteiger partial charge in [0.1, 0.15) is 5.75 Å². The summed E-state index contributed by atoms with van der Waals surface area (Å²) in [5.74, 6) is 1.27. The number of morpholine rings is 1. The van der Waals surface area contributed by atoms with Crippen molar-refractivity contribution in [2.45, 2.75) is 31.2 Å². The Hall–Kier alpha value is -2.51. The van der Waals surface area contributed by atoms with E-state index in [9.17, 15) is 4.79 Å². The third kappa shape index (κ3) is 4.26. The minimum Gasteiger partial charge on any atom is -0.497 e. The molecule has 1 aliphatic rings.